The lowest BCUT2D eigenvalue weighted by Crippen LogP contribution is -2.07. The topological polar surface area (TPSA) is 44.8 Å². The Hall–Kier alpha value is -1.39. The lowest BCUT2D eigenvalue weighted by molar-refractivity contribution is -0.116. The van der Waals surface area contributed by atoms with Crippen LogP contribution in [-0.2, 0) is 20.7 Å². The van der Waals surface area contributed by atoms with Gasteiger partial charge >= 0.3 is 0 Å². The minimum absolute atomic E-state index is 0.154. The summed E-state index contributed by atoms with van der Waals surface area (Å²) in [7, 11) is 1.62. The summed E-state index contributed by atoms with van der Waals surface area (Å²) < 4.78 is 15.4. The number of methoxy groups -OCH3 is 1. The van der Waals surface area contributed by atoms with Crippen LogP contribution in [0.4, 0.5) is 0 Å². The molecule has 0 aromatic heterocycles. The van der Waals surface area contributed by atoms with Gasteiger partial charge in [0.2, 0.25) is 0 Å². The van der Waals surface area contributed by atoms with Crippen molar-refractivity contribution in [2.24, 2.45) is 0 Å². The first-order chi connectivity index (χ1) is 8.22. The maximum Gasteiger partial charge on any atom is 0.189 e. The normalized spacial score (nSPS) is 10.2. The minimum atomic E-state index is 0.154. The molecule has 0 spiro atoms. The maximum atomic E-state index is 10.9. The van der Waals surface area contributed by atoms with Gasteiger partial charge < -0.3 is 14.2 Å². The van der Waals surface area contributed by atoms with E-state index < -0.39 is 0 Å². The fraction of sp³-hybridized carbons (Fsp3) is 0.462. The number of ether oxygens (including phenoxy) is 3. The van der Waals surface area contributed by atoms with E-state index in [0.29, 0.717) is 19.6 Å². The summed E-state index contributed by atoms with van der Waals surface area (Å²) in [5.41, 5.74) is 0.991. The van der Waals surface area contributed by atoms with Crippen LogP contribution in [0.15, 0.2) is 24.3 Å². The molecule has 0 radical (unpaired) electrons. The highest BCUT2D eigenvalue weighted by Crippen LogP contribution is 2.12. The van der Waals surface area contributed by atoms with Gasteiger partial charge in [-0.1, -0.05) is 12.1 Å². The highest BCUT2D eigenvalue weighted by Gasteiger charge is 1.98. The predicted molar refractivity (Wildman–Crippen MR) is 64.2 cm³/mol. The van der Waals surface area contributed by atoms with Crippen LogP contribution in [0, 0.1) is 0 Å². The van der Waals surface area contributed by atoms with E-state index in [1.807, 2.05) is 24.3 Å². The maximum absolute atomic E-state index is 10.9. The van der Waals surface area contributed by atoms with Crippen LogP contribution in [0.2, 0.25) is 0 Å². The number of Topliss-reactive ketones (excluding diaryl/α,β-unsaturated/α-hetero) is 1. The van der Waals surface area contributed by atoms with E-state index >= 15 is 0 Å². The summed E-state index contributed by atoms with van der Waals surface area (Å²) in [6, 6.07) is 7.42. The van der Waals surface area contributed by atoms with Crippen LogP contribution in [0.1, 0.15) is 12.5 Å². The van der Waals surface area contributed by atoms with Gasteiger partial charge in [0.25, 0.3) is 0 Å². The number of benzene rings is 1. The highest BCUT2D eigenvalue weighted by atomic mass is 16.7. The molecule has 0 heterocycles. The molecule has 0 saturated heterocycles. The zero-order chi connectivity index (χ0) is 12.5. The fourth-order valence-electron chi connectivity index (χ4n) is 1.30. The van der Waals surface area contributed by atoms with Gasteiger partial charge in [-0.2, -0.15) is 0 Å². The molecule has 4 heteroatoms. The standard InChI is InChI=1S/C13H18O4/c1-11(14)9-12-3-5-13(6-4-12)17-10-16-8-7-15-2/h3-6H,7-10H2,1-2H3. The van der Waals surface area contributed by atoms with Gasteiger partial charge in [0.1, 0.15) is 11.5 Å². The molecule has 0 aliphatic rings. The van der Waals surface area contributed by atoms with Gasteiger partial charge in [-0.25, -0.2) is 0 Å². The third-order valence-electron chi connectivity index (χ3n) is 2.12. The molecule has 0 N–H and O–H groups in total. The number of carbonyl (C=O) groups excluding carboxylic acids is 1. The molecule has 17 heavy (non-hydrogen) atoms. The lowest BCUT2D eigenvalue weighted by Gasteiger charge is -2.07. The summed E-state index contributed by atoms with van der Waals surface area (Å²) >= 11 is 0. The fourth-order valence-corrected chi connectivity index (χ4v) is 1.30. The number of rotatable bonds is 8. The van der Waals surface area contributed by atoms with Gasteiger partial charge in [0.15, 0.2) is 6.79 Å². The van der Waals surface area contributed by atoms with E-state index in [0.717, 1.165) is 11.3 Å². The largest absolute Gasteiger partial charge is 0.468 e. The van der Waals surface area contributed by atoms with Crippen molar-refractivity contribution in [3.05, 3.63) is 29.8 Å². The molecule has 0 aliphatic carbocycles. The average Bonchev–Trinajstić information content (AvgIpc) is 2.30. The van der Waals surface area contributed by atoms with Crippen molar-refractivity contribution < 1.29 is 19.0 Å². The van der Waals surface area contributed by atoms with Crippen molar-refractivity contribution in [2.75, 3.05) is 27.1 Å². The molecule has 1 aromatic carbocycles. The lowest BCUT2D eigenvalue weighted by atomic mass is 10.1. The molecule has 0 fully saturated rings. The second kappa shape index (κ2) is 7.81. The van der Waals surface area contributed by atoms with Crippen LogP contribution in [0.25, 0.3) is 0 Å². The number of hydrogen-bond donors (Lipinski definition) is 0. The Morgan fingerprint density at radius 2 is 1.88 bits per heavy atom. The van der Waals surface area contributed by atoms with E-state index in [9.17, 15) is 4.79 Å². The van der Waals surface area contributed by atoms with Crippen molar-refractivity contribution in [3.8, 4) is 5.75 Å². The van der Waals surface area contributed by atoms with E-state index in [1.165, 1.54) is 0 Å². The smallest absolute Gasteiger partial charge is 0.189 e. The summed E-state index contributed by atoms with van der Waals surface area (Å²) in [5.74, 6) is 0.885. The quantitative estimate of drug-likeness (QED) is 0.512. The van der Waals surface area contributed by atoms with Crippen molar-refractivity contribution >= 4 is 5.78 Å². The van der Waals surface area contributed by atoms with Crippen LogP contribution in [0.5, 0.6) is 5.75 Å². The molecule has 0 aliphatic heterocycles. The molecule has 1 aromatic rings. The molecule has 0 amide bonds. The van der Waals surface area contributed by atoms with E-state index in [1.54, 1.807) is 14.0 Å². The second-order valence-electron chi connectivity index (χ2n) is 3.69. The predicted octanol–water partition coefficient (Wildman–Crippen LogP) is 1.82. The van der Waals surface area contributed by atoms with Gasteiger partial charge in [-0.15, -0.1) is 0 Å². The Morgan fingerprint density at radius 1 is 1.18 bits per heavy atom. The minimum Gasteiger partial charge on any atom is -0.468 e. The first-order valence-corrected chi connectivity index (χ1v) is 5.50. The van der Waals surface area contributed by atoms with Crippen molar-refractivity contribution in [1.29, 1.82) is 0 Å². The zero-order valence-corrected chi connectivity index (χ0v) is 10.3. The summed E-state index contributed by atoms with van der Waals surface area (Å²) in [5, 5.41) is 0. The van der Waals surface area contributed by atoms with Crippen molar-refractivity contribution in [3.63, 3.8) is 0 Å². The highest BCUT2D eigenvalue weighted by molar-refractivity contribution is 5.78. The summed E-state index contributed by atoms with van der Waals surface area (Å²) in [4.78, 5) is 10.9. The van der Waals surface area contributed by atoms with Crippen LogP contribution >= 0.6 is 0 Å². The Morgan fingerprint density at radius 3 is 2.47 bits per heavy atom. The number of ketones is 1. The molecular weight excluding hydrogens is 220 g/mol. The third-order valence-corrected chi connectivity index (χ3v) is 2.12. The van der Waals surface area contributed by atoms with Crippen LogP contribution in [-0.4, -0.2) is 32.9 Å². The average molecular weight is 238 g/mol. The molecule has 0 saturated carbocycles. The first-order valence-electron chi connectivity index (χ1n) is 5.50. The molecule has 94 valence electrons. The molecule has 1 rings (SSSR count). The van der Waals surface area contributed by atoms with Crippen LogP contribution in [0.3, 0.4) is 0 Å². The number of hydrogen-bond acceptors (Lipinski definition) is 4. The SMILES string of the molecule is COCCOCOc1ccc(CC(C)=O)cc1. The Labute approximate surface area is 101 Å². The van der Waals surface area contributed by atoms with E-state index in [2.05, 4.69) is 0 Å². The van der Waals surface area contributed by atoms with E-state index in [-0.39, 0.29) is 12.6 Å². The van der Waals surface area contributed by atoms with Crippen molar-refractivity contribution in [1.82, 2.24) is 0 Å². The number of carbonyl (C=O) groups is 1. The Bertz CT molecular complexity index is 332. The third kappa shape index (κ3) is 6.04. The molecule has 0 atom stereocenters. The molecule has 4 nitrogen and oxygen atoms in total. The van der Waals surface area contributed by atoms with Crippen molar-refractivity contribution in [2.45, 2.75) is 13.3 Å². The van der Waals surface area contributed by atoms with Crippen LogP contribution < -0.4 is 4.74 Å². The van der Waals surface area contributed by atoms with Gasteiger partial charge in [-0.05, 0) is 24.6 Å². The Kier molecular flexibility index (Phi) is 6.29. The Balaban J connectivity index is 2.28. The second-order valence-corrected chi connectivity index (χ2v) is 3.69. The summed E-state index contributed by atoms with van der Waals surface area (Å²) in [6.45, 7) is 2.85. The monoisotopic (exact) mass is 238 g/mol. The molecular formula is C13H18O4. The van der Waals surface area contributed by atoms with Gasteiger partial charge in [0.05, 0.1) is 13.2 Å². The zero-order valence-electron chi connectivity index (χ0n) is 10.3. The summed E-state index contributed by atoms with van der Waals surface area (Å²) in [6.07, 6.45) is 0.463. The van der Waals surface area contributed by atoms with Gasteiger partial charge in [0, 0.05) is 13.5 Å². The molecule has 0 unspecified atom stereocenters. The van der Waals surface area contributed by atoms with Gasteiger partial charge in [-0.3, -0.25) is 4.79 Å². The molecule has 0 bridgehead atoms. The first kappa shape index (κ1) is 13.7. The van der Waals surface area contributed by atoms with E-state index in [4.69, 9.17) is 14.2 Å².